The Kier molecular flexibility index (Phi) is 6.53. The quantitative estimate of drug-likeness (QED) is 0.373. The predicted octanol–water partition coefficient (Wildman–Crippen LogP) is 1.95. The topological polar surface area (TPSA) is 40.2 Å². The zero-order chi connectivity index (χ0) is 13.3. The van der Waals surface area contributed by atoms with Gasteiger partial charge in [-0.3, -0.25) is 0 Å². The third-order valence-corrected chi connectivity index (χ3v) is 3.39. The van der Waals surface area contributed by atoms with Crippen molar-refractivity contribution >= 4 is 10.0 Å². The second-order valence-corrected chi connectivity index (χ2v) is 5.23. The second-order valence-electron chi connectivity index (χ2n) is 4.49. The molecule has 0 bridgehead atoms. The van der Waals surface area contributed by atoms with Crippen molar-refractivity contribution in [1.82, 2.24) is 0 Å². The molecule has 0 N–H and O–H groups in total. The first kappa shape index (κ1) is 14.7. The maximum Gasteiger partial charge on any atom is 0.433 e. The number of epoxide rings is 1. The highest BCUT2D eigenvalue weighted by atomic mass is 28.3. The van der Waals surface area contributed by atoms with Crippen LogP contribution in [0.2, 0.25) is 0 Å². The number of hydrogen-bond donors (Lipinski definition) is 0. The number of rotatable bonds is 10. The van der Waals surface area contributed by atoms with E-state index in [1.54, 1.807) is 0 Å². The summed E-state index contributed by atoms with van der Waals surface area (Å²) < 4.78 is 21.8. The minimum absolute atomic E-state index is 0.0569. The van der Waals surface area contributed by atoms with Gasteiger partial charge in [-0.2, -0.15) is 0 Å². The van der Waals surface area contributed by atoms with Crippen molar-refractivity contribution in [2.75, 3.05) is 19.8 Å². The van der Waals surface area contributed by atoms with Gasteiger partial charge in [0.1, 0.15) is 6.10 Å². The van der Waals surface area contributed by atoms with Crippen LogP contribution in [0.1, 0.15) is 18.9 Å². The summed E-state index contributed by atoms with van der Waals surface area (Å²) >= 11 is 0. The average Bonchev–Trinajstić information content (AvgIpc) is 3.27. The third kappa shape index (κ3) is 6.31. The van der Waals surface area contributed by atoms with Gasteiger partial charge < -0.3 is 18.3 Å². The summed E-state index contributed by atoms with van der Waals surface area (Å²) in [6.45, 7) is 4.77. The van der Waals surface area contributed by atoms with E-state index in [4.69, 9.17) is 18.3 Å². The summed E-state index contributed by atoms with van der Waals surface area (Å²) in [5, 5.41) is 0. The normalized spacial score (nSPS) is 19.3. The van der Waals surface area contributed by atoms with Crippen molar-refractivity contribution in [3.63, 3.8) is 0 Å². The lowest BCUT2D eigenvalue weighted by molar-refractivity contribution is 0.00622. The lowest BCUT2D eigenvalue weighted by Crippen LogP contribution is -2.23. The fourth-order valence-electron chi connectivity index (χ4n) is 1.55. The SMILES string of the molecule is CCC(CO[Si]OCc1ccccc1)OCC1CO1. The van der Waals surface area contributed by atoms with Crippen molar-refractivity contribution < 1.29 is 18.3 Å². The molecule has 2 rings (SSSR count). The van der Waals surface area contributed by atoms with Gasteiger partial charge in [-0.25, -0.2) is 0 Å². The highest BCUT2D eigenvalue weighted by Crippen LogP contribution is 2.11. The fourth-order valence-corrected chi connectivity index (χ4v) is 2.11. The van der Waals surface area contributed by atoms with E-state index in [1.165, 1.54) is 0 Å². The van der Waals surface area contributed by atoms with Crippen LogP contribution in [0.15, 0.2) is 30.3 Å². The van der Waals surface area contributed by atoms with Gasteiger partial charge in [0.25, 0.3) is 0 Å². The van der Waals surface area contributed by atoms with Gasteiger partial charge in [0, 0.05) is 0 Å². The molecule has 1 aliphatic rings. The molecule has 0 amide bonds. The fraction of sp³-hybridized carbons (Fsp3) is 0.571. The Morgan fingerprint density at radius 2 is 2.11 bits per heavy atom. The molecule has 0 saturated carbocycles. The molecule has 4 nitrogen and oxygen atoms in total. The zero-order valence-electron chi connectivity index (χ0n) is 11.2. The molecule has 1 heterocycles. The summed E-state index contributed by atoms with van der Waals surface area (Å²) in [6.07, 6.45) is 1.39. The van der Waals surface area contributed by atoms with E-state index < -0.39 is 0 Å². The van der Waals surface area contributed by atoms with Crippen LogP contribution < -0.4 is 0 Å². The Bertz CT molecular complexity index is 343. The molecule has 1 aromatic rings. The summed E-state index contributed by atoms with van der Waals surface area (Å²) in [6, 6.07) is 10.1. The van der Waals surface area contributed by atoms with Crippen molar-refractivity contribution in [2.45, 2.75) is 32.2 Å². The molecule has 104 valence electrons. The smallest absolute Gasteiger partial charge is 0.390 e. The van der Waals surface area contributed by atoms with Crippen LogP contribution in [0, 0.1) is 0 Å². The highest BCUT2D eigenvalue weighted by molar-refractivity contribution is 6.17. The highest BCUT2D eigenvalue weighted by Gasteiger charge is 2.23. The monoisotopic (exact) mass is 280 g/mol. The molecule has 1 aromatic carbocycles. The van der Waals surface area contributed by atoms with Crippen LogP contribution >= 0.6 is 0 Å². The summed E-state index contributed by atoms with van der Waals surface area (Å²) in [5.74, 6) is 0. The molecule has 5 heteroatoms. The molecule has 0 aromatic heterocycles. The number of benzene rings is 1. The van der Waals surface area contributed by atoms with Crippen molar-refractivity contribution in [1.29, 1.82) is 0 Å². The minimum atomic E-state index is 0.0569. The summed E-state index contributed by atoms with van der Waals surface area (Å²) in [5.41, 5.74) is 1.16. The van der Waals surface area contributed by atoms with E-state index in [1.807, 2.05) is 30.3 Å². The van der Waals surface area contributed by atoms with Gasteiger partial charge in [0.2, 0.25) is 0 Å². The van der Waals surface area contributed by atoms with Gasteiger partial charge >= 0.3 is 10.0 Å². The third-order valence-electron chi connectivity index (χ3n) is 2.84. The molecule has 2 atom stereocenters. The number of ether oxygens (including phenoxy) is 2. The molecule has 1 fully saturated rings. The van der Waals surface area contributed by atoms with E-state index >= 15 is 0 Å². The average molecular weight is 280 g/mol. The van der Waals surface area contributed by atoms with Gasteiger partial charge in [0.15, 0.2) is 0 Å². The van der Waals surface area contributed by atoms with E-state index in [-0.39, 0.29) is 16.1 Å². The maximum absolute atomic E-state index is 5.68. The van der Waals surface area contributed by atoms with E-state index in [0.29, 0.717) is 25.9 Å². The zero-order valence-corrected chi connectivity index (χ0v) is 12.2. The van der Waals surface area contributed by atoms with Crippen LogP contribution in [0.5, 0.6) is 0 Å². The Balaban J connectivity index is 1.50. The minimum Gasteiger partial charge on any atom is -0.390 e. The Labute approximate surface area is 117 Å². The molecular formula is C14H20O4Si. The Morgan fingerprint density at radius 1 is 1.32 bits per heavy atom. The number of hydrogen-bond acceptors (Lipinski definition) is 4. The van der Waals surface area contributed by atoms with Crippen LogP contribution in [-0.4, -0.2) is 42.0 Å². The molecular weight excluding hydrogens is 260 g/mol. The standard InChI is InChI=1S/C14H20O4Si/c1-2-13(15-9-14-10-16-14)11-18-19-17-8-12-6-4-3-5-7-12/h3-7,13-14H,2,8-11H2,1H3. The van der Waals surface area contributed by atoms with Gasteiger partial charge in [0.05, 0.1) is 32.5 Å². The van der Waals surface area contributed by atoms with Crippen LogP contribution in [0.25, 0.3) is 0 Å². The predicted molar refractivity (Wildman–Crippen MR) is 72.7 cm³/mol. The Morgan fingerprint density at radius 3 is 2.79 bits per heavy atom. The lowest BCUT2D eigenvalue weighted by atomic mass is 10.2. The first-order valence-electron chi connectivity index (χ1n) is 6.64. The second kappa shape index (κ2) is 8.45. The van der Waals surface area contributed by atoms with E-state index in [0.717, 1.165) is 18.6 Å². The lowest BCUT2D eigenvalue weighted by Gasteiger charge is -2.15. The van der Waals surface area contributed by atoms with E-state index in [2.05, 4.69) is 6.92 Å². The Hall–Kier alpha value is -0.723. The first-order chi connectivity index (χ1) is 9.38. The van der Waals surface area contributed by atoms with Gasteiger partial charge in [-0.05, 0) is 12.0 Å². The van der Waals surface area contributed by atoms with Crippen molar-refractivity contribution in [3.8, 4) is 0 Å². The molecule has 1 aliphatic heterocycles. The molecule has 0 aliphatic carbocycles. The summed E-state index contributed by atoms with van der Waals surface area (Å²) in [4.78, 5) is 0. The molecule has 2 radical (unpaired) electrons. The van der Waals surface area contributed by atoms with Crippen LogP contribution in [0.3, 0.4) is 0 Å². The molecule has 0 spiro atoms. The molecule has 1 saturated heterocycles. The van der Waals surface area contributed by atoms with E-state index in [9.17, 15) is 0 Å². The van der Waals surface area contributed by atoms with Crippen LogP contribution in [-0.2, 0) is 24.9 Å². The maximum atomic E-state index is 5.68. The van der Waals surface area contributed by atoms with Crippen molar-refractivity contribution in [2.24, 2.45) is 0 Å². The first-order valence-corrected chi connectivity index (χ1v) is 7.46. The van der Waals surface area contributed by atoms with Crippen LogP contribution in [0.4, 0.5) is 0 Å². The van der Waals surface area contributed by atoms with Gasteiger partial charge in [-0.15, -0.1) is 0 Å². The molecule has 19 heavy (non-hydrogen) atoms. The van der Waals surface area contributed by atoms with Crippen molar-refractivity contribution in [3.05, 3.63) is 35.9 Å². The largest absolute Gasteiger partial charge is 0.433 e. The molecule has 2 unspecified atom stereocenters. The van der Waals surface area contributed by atoms with Gasteiger partial charge in [-0.1, -0.05) is 37.3 Å². The summed E-state index contributed by atoms with van der Waals surface area (Å²) in [7, 11) is 0.0569.